The van der Waals surface area contributed by atoms with Gasteiger partial charge in [0.15, 0.2) is 0 Å². The molecule has 0 atom stereocenters. The van der Waals surface area contributed by atoms with Crippen LogP contribution >= 0.6 is 0 Å². The fourth-order valence-electron chi connectivity index (χ4n) is 6.49. The van der Waals surface area contributed by atoms with Crippen molar-refractivity contribution in [3.63, 3.8) is 0 Å². The summed E-state index contributed by atoms with van der Waals surface area (Å²) in [6, 6.07) is 0. The summed E-state index contributed by atoms with van der Waals surface area (Å²) in [6.45, 7) is 26.8. The first-order valence-corrected chi connectivity index (χ1v) is 29.9. The highest BCUT2D eigenvalue weighted by molar-refractivity contribution is 5.78. The lowest BCUT2D eigenvalue weighted by atomic mass is 10.0. The summed E-state index contributed by atoms with van der Waals surface area (Å²) in [7, 11) is 0. The van der Waals surface area contributed by atoms with Crippen LogP contribution in [0, 0.1) is 5.92 Å². The van der Waals surface area contributed by atoms with E-state index < -0.39 is 11.4 Å². The molecule has 26 nitrogen and oxygen atoms in total. The molecule has 0 aromatic heterocycles. The van der Waals surface area contributed by atoms with Gasteiger partial charge in [-0.25, -0.2) is 0 Å². The van der Waals surface area contributed by atoms with Crippen LogP contribution in [0.1, 0.15) is 81.1 Å². The number of carbonyl (C=O) groups excluding carboxylic acids is 4. The second-order valence-electron chi connectivity index (χ2n) is 20.0. The molecule has 0 aromatic carbocycles. The molecule has 0 unspecified atom stereocenters. The van der Waals surface area contributed by atoms with Gasteiger partial charge in [-0.1, -0.05) is 13.8 Å². The van der Waals surface area contributed by atoms with Crippen molar-refractivity contribution in [2.24, 2.45) is 5.92 Å². The number of ether oxygens (including phenoxy) is 18. The predicted octanol–water partition coefficient (Wildman–Crippen LogP) is 1.93. The van der Waals surface area contributed by atoms with Crippen molar-refractivity contribution in [2.75, 3.05) is 238 Å². The van der Waals surface area contributed by atoms with E-state index in [9.17, 15) is 19.2 Å². The minimum Gasteiger partial charge on any atom is -0.379 e. The maximum atomic E-state index is 13.5. The highest BCUT2D eigenvalue weighted by atomic mass is 16.6. The third-order valence-corrected chi connectivity index (χ3v) is 10.8. The molecule has 0 spiro atoms. The third-order valence-electron chi connectivity index (χ3n) is 10.8. The van der Waals surface area contributed by atoms with Crippen molar-refractivity contribution in [3.8, 4) is 0 Å². The fraction of sp³-hybridized carbons (Fsp3) is 0.930. The zero-order valence-corrected chi connectivity index (χ0v) is 52.1. The average Bonchev–Trinajstić information content (AvgIpc) is 3.47. The average molecular weight is 1210 g/mol. The normalized spacial score (nSPS) is 11.9. The van der Waals surface area contributed by atoms with Gasteiger partial charge in [-0.2, -0.15) is 0 Å². The summed E-state index contributed by atoms with van der Waals surface area (Å²) in [6.07, 6.45) is 1.46. The summed E-state index contributed by atoms with van der Waals surface area (Å²) in [4.78, 5) is 51.8. The lowest BCUT2D eigenvalue weighted by Gasteiger charge is -2.34. The Bertz CT molecular complexity index is 1330. The van der Waals surface area contributed by atoms with Gasteiger partial charge >= 0.3 is 0 Å². The fourth-order valence-corrected chi connectivity index (χ4v) is 6.49. The number of amides is 4. The third kappa shape index (κ3) is 62.0. The van der Waals surface area contributed by atoms with E-state index in [2.05, 4.69) is 35.1 Å². The predicted molar refractivity (Wildman–Crippen MR) is 309 cm³/mol. The minimum absolute atomic E-state index is 0.00438. The largest absolute Gasteiger partial charge is 0.379 e. The van der Waals surface area contributed by atoms with E-state index in [1.54, 1.807) is 0 Å². The number of carbonyl (C=O) groups is 4. The van der Waals surface area contributed by atoms with Crippen molar-refractivity contribution in [3.05, 3.63) is 0 Å². The van der Waals surface area contributed by atoms with Crippen LogP contribution < -0.4 is 21.3 Å². The molecule has 0 aliphatic rings. The van der Waals surface area contributed by atoms with E-state index in [4.69, 9.17) is 85.3 Å². The second kappa shape index (κ2) is 60.8. The zero-order valence-electron chi connectivity index (χ0n) is 52.1. The molecule has 83 heavy (non-hydrogen) atoms. The van der Waals surface area contributed by atoms with Gasteiger partial charge in [0.25, 0.3) is 0 Å². The second-order valence-corrected chi connectivity index (χ2v) is 20.0. The first-order valence-electron chi connectivity index (χ1n) is 29.9. The van der Waals surface area contributed by atoms with Gasteiger partial charge in [0.1, 0.15) is 12.1 Å². The monoisotopic (exact) mass is 1200 g/mol. The Labute approximate surface area is 496 Å². The van der Waals surface area contributed by atoms with Crippen LogP contribution in [0.25, 0.3) is 0 Å². The Morgan fingerprint density at radius 2 is 0.542 bits per heavy atom. The van der Waals surface area contributed by atoms with Gasteiger partial charge in [0.2, 0.25) is 23.6 Å². The maximum absolute atomic E-state index is 13.5. The summed E-state index contributed by atoms with van der Waals surface area (Å²) in [5, 5.41) is 11.4. The lowest BCUT2D eigenvalue weighted by Crippen LogP contribution is -2.59. The lowest BCUT2D eigenvalue weighted by molar-refractivity contribution is -0.134. The van der Waals surface area contributed by atoms with E-state index in [0.29, 0.717) is 145 Å². The number of rotatable bonds is 66. The van der Waals surface area contributed by atoms with Crippen LogP contribution in [0.3, 0.4) is 0 Å². The van der Waals surface area contributed by atoms with E-state index >= 15 is 0 Å². The topological polar surface area (TPSA) is 283 Å². The van der Waals surface area contributed by atoms with E-state index in [1.807, 2.05) is 41.5 Å². The molecular weight excluding hydrogens is 1090 g/mol. The van der Waals surface area contributed by atoms with Crippen LogP contribution in [-0.4, -0.2) is 285 Å². The van der Waals surface area contributed by atoms with Crippen molar-refractivity contribution in [1.82, 2.24) is 21.3 Å². The molecule has 4 N–H and O–H groups in total. The number of hydrogen-bond donors (Lipinski definition) is 4. The Hall–Kier alpha value is -2.84. The first kappa shape index (κ1) is 80.2. The Morgan fingerprint density at radius 1 is 0.289 bits per heavy atom. The van der Waals surface area contributed by atoms with Crippen LogP contribution in [0.15, 0.2) is 0 Å². The molecule has 0 saturated heterocycles. The maximum Gasteiger partial charge on any atom is 0.246 e. The molecule has 0 rings (SSSR count). The van der Waals surface area contributed by atoms with Gasteiger partial charge in [-0.05, 0) is 53.9 Å². The van der Waals surface area contributed by atoms with Crippen molar-refractivity contribution >= 4 is 23.6 Å². The SMILES string of the molecule is CC(C)CCOCCOCCOCC(=O)NC(COCCC(=O)NCCOCCOCCOCCOC(C)C)(COCCC(=O)NCCOCCOCCOCCOC(C)C)COCCC(=O)NCCOCCOCCOCCOC(C)C. The minimum atomic E-state index is -1.34. The van der Waals surface area contributed by atoms with Crippen molar-refractivity contribution in [1.29, 1.82) is 0 Å². The van der Waals surface area contributed by atoms with Gasteiger partial charge in [0, 0.05) is 45.5 Å². The highest BCUT2D eigenvalue weighted by Crippen LogP contribution is 2.11. The van der Waals surface area contributed by atoms with Gasteiger partial charge in [0.05, 0.1) is 223 Å². The van der Waals surface area contributed by atoms with Gasteiger partial charge in [-0.3, -0.25) is 19.2 Å². The Balaban J connectivity index is 5.34. The standard InChI is InChI=1S/C57H112N4O22/c1-49(2)9-16-66-23-27-73-37-38-77-45-56(65)61-57(46-78-17-10-53(62)58-13-20-67-24-28-70-31-34-74-39-42-81-50(3)4,47-79-18-11-54(63)59-14-21-68-25-29-71-32-35-75-40-43-82-51(5)6)48-80-19-12-55(64)60-15-22-69-26-30-72-33-36-76-41-44-83-52(7)8/h49-52H,9-48H2,1-8H3,(H,58,62)(H,59,63)(H,60,64)(H,61,65). The van der Waals surface area contributed by atoms with E-state index in [-0.39, 0.29) is 154 Å². The van der Waals surface area contributed by atoms with Crippen molar-refractivity contribution < 1.29 is 104 Å². The zero-order chi connectivity index (χ0) is 61.0. The summed E-state index contributed by atoms with van der Waals surface area (Å²) < 4.78 is 101. The summed E-state index contributed by atoms with van der Waals surface area (Å²) in [5.41, 5.74) is -1.34. The van der Waals surface area contributed by atoms with Crippen LogP contribution in [0.5, 0.6) is 0 Å². The highest BCUT2D eigenvalue weighted by Gasteiger charge is 2.34. The van der Waals surface area contributed by atoms with Crippen molar-refractivity contribution in [2.45, 2.75) is 105 Å². The number of hydrogen-bond acceptors (Lipinski definition) is 22. The molecule has 0 heterocycles. The molecule has 26 heteroatoms. The van der Waals surface area contributed by atoms with E-state index in [1.165, 1.54) is 0 Å². The quantitative estimate of drug-likeness (QED) is 0.0633. The van der Waals surface area contributed by atoms with Gasteiger partial charge < -0.3 is 107 Å². The molecule has 0 aliphatic carbocycles. The molecule has 0 saturated carbocycles. The summed E-state index contributed by atoms with van der Waals surface area (Å²) in [5.74, 6) is -0.771. The first-order chi connectivity index (χ1) is 40.2. The van der Waals surface area contributed by atoms with Crippen LogP contribution in [0.2, 0.25) is 0 Å². The Kier molecular flexibility index (Phi) is 58.8. The molecule has 0 aliphatic heterocycles. The molecule has 492 valence electrons. The van der Waals surface area contributed by atoms with E-state index in [0.717, 1.165) is 6.42 Å². The summed E-state index contributed by atoms with van der Waals surface area (Å²) >= 11 is 0. The van der Waals surface area contributed by atoms with Gasteiger partial charge in [-0.15, -0.1) is 0 Å². The molecule has 0 bridgehead atoms. The smallest absolute Gasteiger partial charge is 0.246 e. The molecule has 0 aromatic rings. The molecule has 0 radical (unpaired) electrons. The number of nitrogens with one attached hydrogen (secondary N) is 4. The van der Waals surface area contributed by atoms with Crippen LogP contribution in [0.4, 0.5) is 0 Å². The Morgan fingerprint density at radius 3 is 0.819 bits per heavy atom. The molecular formula is C57H112N4O22. The molecule has 4 amide bonds. The van der Waals surface area contributed by atoms with Crippen LogP contribution in [-0.2, 0) is 104 Å². The molecule has 0 fully saturated rings.